The Bertz CT molecular complexity index is 917. The first-order chi connectivity index (χ1) is 15.7. The Morgan fingerprint density at radius 3 is 2.47 bits per heavy atom. The monoisotopic (exact) mass is 435 g/mol. The minimum absolute atomic E-state index is 0.516. The molecule has 0 aromatic heterocycles. The molecular formula is C27H37N3O2. The summed E-state index contributed by atoms with van der Waals surface area (Å²) in [6, 6.07) is 13.9. The smallest absolute Gasteiger partial charge is 0.163 e. The highest BCUT2D eigenvalue weighted by atomic mass is 16.5. The van der Waals surface area contributed by atoms with Crippen LogP contribution in [0.25, 0.3) is 0 Å². The van der Waals surface area contributed by atoms with Gasteiger partial charge < -0.3 is 24.2 Å². The summed E-state index contributed by atoms with van der Waals surface area (Å²) in [5.41, 5.74) is 5.40. The number of piperidine rings is 1. The molecule has 0 N–H and O–H groups in total. The highest BCUT2D eigenvalue weighted by molar-refractivity contribution is 5.77. The summed E-state index contributed by atoms with van der Waals surface area (Å²) in [6.45, 7) is 6.64. The SMILES string of the molecule is COc1cc2c(cc1OCCCN1CCCC1)N(C1CCN(C)CC1)c1ccccc1C2. The molecule has 2 saturated heterocycles. The molecule has 5 rings (SSSR count). The molecule has 0 radical (unpaired) electrons. The molecular weight excluding hydrogens is 398 g/mol. The maximum Gasteiger partial charge on any atom is 0.163 e. The lowest BCUT2D eigenvalue weighted by molar-refractivity contribution is 0.252. The number of para-hydroxylation sites is 1. The van der Waals surface area contributed by atoms with E-state index in [2.05, 4.69) is 58.1 Å². The fraction of sp³-hybridized carbons (Fsp3) is 0.556. The van der Waals surface area contributed by atoms with Crippen LogP contribution < -0.4 is 14.4 Å². The van der Waals surface area contributed by atoms with E-state index in [1.807, 2.05) is 0 Å². The van der Waals surface area contributed by atoms with Crippen LogP contribution in [0.4, 0.5) is 11.4 Å². The molecule has 0 aliphatic carbocycles. The van der Waals surface area contributed by atoms with E-state index >= 15 is 0 Å². The van der Waals surface area contributed by atoms with Gasteiger partial charge in [0, 0.05) is 36.4 Å². The van der Waals surface area contributed by atoms with Gasteiger partial charge in [0.1, 0.15) is 0 Å². The van der Waals surface area contributed by atoms with Crippen LogP contribution in [0.3, 0.4) is 0 Å². The summed E-state index contributed by atoms with van der Waals surface area (Å²) >= 11 is 0. The normalized spacial score (nSPS) is 19.6. The summed E-state index contributed by atoms with van der Waals surface area (Å²) in [5, 5.41) is 0. The van der Waals surface area contributed by atoms with E-state index in [1.165, 1.54) is 61.3 Å². The molecule has 5 nitrogen and oxygen atoms in total. The van der Waals surface area contributed by atoms with E-state index in [0.29, 0.717) is 6.04 Å². The van der Waals surface area contributed by atoms with E-state index in [9.17, 15) is 0 Å². The third-order valence-corrected chi connectivity index (χ3v) is 7.38. The van der Waals surface area contributed by atoms with Gasteiger partial charge in [0.2, 0.25) is 0 Å². The molecule has 0 amide bonds. The third kappa shape index (κ3) is 4.46. The number of likely N-dealkylation sites (tertiary alicyclic amines) is 2. The third-order valence-electron chi connectivity index (χ3n) is 7.38. The summed E-state index contributed by atoms with van der Waals surface area (Å²) in [4.78, 5) is 7.58. The van der Waals surface area contributed by atoms with Gasteiger partial charge in [0.15, 0.2) is 11.5 Å². The van der Waals surface area contributed by atoms with Gasteiger partial charge in [-0.15, -0.1) is 0 Å². The van der Waals surface area contributed by atoms with Crippen LogP contribution in [0.5, 0.6) is 11.5 Å². The predicted octanol–water partition coefficient (Wildman–Crippen LogP) is 4.70. The number of methoxy groups -OCH3 is 1. The second kappa shape index (κ2) is 9.72. The summed E-state index contributed by atoms with van der Waals surface area (Å²) in [5.74, 6) is 1.73. The van der Waals surface area contributed by atoms with Crippen LogP contribution >= 0.6 is 0 Å². The summed E-state index contributed by atoms with van der Waals surface area (Å²) in [6.07, 6.45) is 7.05. The van der Waals surface area contributed by atoms with Crippen molar-refractivity contribution in [3.05, 3.63) is 47.5 Å². The molecule has 0 bridgehead atoms. The molecule has 0 atom stereocenters. The molecule has 3 aliphatic heterocycles. The van der Waals surface area contributed by atoms with Crippen LogP contribution in [-0.4, -0.2) is 69.3 Å². The predicted molar refractivity (Wildman–Crippen MR) is 131 cm³/mol. The largest absolute Gasteiger partial charge is 0.493 e. The lowest BCUT2D eigenvalue weighted by atomic mass is 9.91. The molecule has 0 spiro atoms. The first-order valence-electron chi connectivity index (χ1n) is 12.3. The van der Waals surface area contributed by atoms with Crippen molar-refractivity contribution in [2.45, 2.75) is 44.6 Å². The molecule has 3 heterocycles. The van der Waals surface area contributed by atoms with Crippen molar-refractivity contribution in [2.75, 3.05) is 58.4 Å². The van der Waals surface area contributed by atoms with Gasteiger partial charge in [0.05, 0.1) is 13.7 Å². The van der Waals surface area contributed by atoms with Crippen LogP contribution in [0.1, 0.15) is 43.2 Å². The Hall–Kier alpha value is -2.24. The average Bonchev–Trinajstić information content (AvgIpc) is 3.34. The van der Waals surface area contributed by atoms with Crippen molar-refractivity contribution in [1.29, 1.82) is 0 Å². The van der Waals surface area contributed by atoms with Gasteiger partial charge in [0.25, 0.3) is 0 Å². The second-order valence-corrected chi connectivity index (χ2v) is 9.59. The van der Waals surface area contributed by atoms with E-state index in [0.717, 1.165) is 50.6 Å². The standard InChI is InChI=1S/C27H37N3O2/c1-28-15-10-23(11-16-28)30-24-9-4-3-8-21(24)18-22-19-26(31-2)27(20-25(22)30)32-17-7-14-29-12-5-6-13-29/h3-4,8-9,19-20,23H,5-7,10-18H2,1-2H3. The zero-order chi connectivity index (χ0) is 21.9. The fourth-order valence-corrected chi connectivity index (χ4v) is 5.58. The van der Waals surface area contributed by atoms with Crippen molar-refractivity contribution in [2.24, 2.45) is 0 Å². The van der Waals surface area contributed by atoms with Crippen molar-refractivity contribution in [1.82, 2.24) is 9.80 Å². The Balaban J connectivity index is 1.40. The van der Waals surface area contributed by atoms with E-state index < -0.39 is 0 Å². The van der Waals surface area contributed by atoms with Crippen LogP contribution in [0.2, 0.25) is 0 Å². The minimum atomic E-state index is 0.516. The zero-order valence-electron chi connectivity index (χ0n) is 19.7. The molecule has 32 heavy (non-hydrogen) atoms. The zero-order valence-corrected chi connectivity index (χ0v) is 19.7. The van der Waals surface area contributed by atoms with Crippen LogP contribution in [0, 0.1) is 0 Å². The minimum Gasteiger partial charge on any atom is -0.493 e. The van der Waals surface area contributed by atoms with Crippen molar-refractivity contribution < 1.29 is 9.47 Å². The van der Waals surface area contributed by atoms with E-state index in [1.54, 1.807) is 7.11 Å². The number of ether oxygens (including phenoxy) is 2. The molecule has 2 aromatic carbocycles. The van der Waals surface area contributed by atoms with Crippen molar-refractivity contribution in [3.8, 4) is 11.5 Å². The van der Waals surface area contributed by atoms with E-state index in [-0.39, 0.29) is 0 Å². The van der Waals surface area contributed by atoms with Crippen molar-refractivity contribution >= 4 is 11.4 Å². The van der Waals surface area contributed by atoms with Crippen LogP contribution in [0.15, 0.2) is 36.4 Å². The van der Waals surface area contributed by atoms with Gasteiger partial charge in [-0.05, 0) is 88.6 Å². The van der Waals surface area contributed by atoms with Gasteiger partial charge in [-0.3, -0.25) is 0 Å². The maximum atomic E-state index is 6.31. The molecule has 5 heteroatoms. The highest BCUT2D eigenvalue weighted by Crippen LogP contribution is 2.46. The number of benzene rings is 2. The number of fused-ring (bicyclic) bond motifs is 2. The molecule has 3 aliphatic rings. The number of anilines is 2. The Morgan fingerprint density at radius 1 is 0.906 bits per heavy atom. The summed E-state index contributed by atoms with van der Waals surface area (Å²) in [7, 11) is 3.98. The average molecular weight is 436 g/mol. The summed E-state index contributed by atoms with van der Waals surface area (Å²) < 4.78 is 12.1. The number of rotatable bonds is 7. The van der Waals surface area contributed by atoms with Crippen LogP contribution in [-0.2, 0) is 6.42 Å². The van der Waals surface area contributed by atoms with Gasteiger partial charge >= 0.3 is 0 Å². The Kier molecular flexibility index (Phi) is 6.56. The quantitative estimate of drug-likeness (QED) is 0.588. The maximum absolute atomic E-state index is 6.31. The molecule has 2 aromatic rings. The molecule has 172 valence electrons. The molecule has 0 saturated carbocycles. The van der Waals surface area contributed by atoms with Gasteiger partial charge in [-0.1, -0.05) is 18.2 Å². The van der Waals surface area contributed by atoms with Gasteiger partial charge in [-0.2, -0.15) is 0 Å². The lowest BCUT2D eigenvalue weighted by Gasteiger charge is -2.42. The van der Waals surface area contributed by atoms with Gasteiger partial charge in [-0.25, -0.2) is 0 Å². The highest BCUT2D eigenvalue weighted by Gasteiger charge is 2.31. The topological polar surface area (TPSA) is 28.2 Å². The first-order valence-corrected chi connectivity index (χ1v) is 12.3. The Morgan fingerprint density at radius 2 is 1.69 bits per heavy atom. The van der Waals surface area contributed by atoms with Crippen molar-refractivity contribution in [3.63, 3.8) is 0 Å². The molecule has 0 unspecified atom stereocenters. The number of nitrogens with zero attached hydrogens (tertiary/aromatic N) is 3. The first kappa shape index (κ1) is 21.6. The van der Waals surface area contributed by atoms with E-state index in [4.69, 9.17) is 9.47 Å². The fourth-order valence-electron chi connectivity index (χ4n) is 5.58. The molecule has 2 fully saturated rings. The second-order valence-electron chi connectivity index (χ2n) is 9.59. The Labute approximate surface area is 192 Å². The number of hydrogen-bond acceptors (Lipinski definition) is 5. The number of hydrogen-bond donors (Lipinski definition) is 0. The lowest BCUT2D eigenvalue weighted by Crippen LogP contribution is -2.43.